The number of halogens is 2. The Bertz CT molecular complexity index is 1710. The van der Waals surface area contributed by atoms with E-state index in [4.69, 9.17) is 26.8 Å². The number of carbonyl (C=O) groups excluding carboxylic acids is 5. The fourth-order valence-electron chi connectivity index (χ4n) is 6.50. The lowest BCUT2D eigenvalue weighted by molar-refractivity contribution is -0.174. The van der Waals surface area contributed by atoms with E-state index in [1.165, 1.54) is 18.1 Å². The first kappa shape index (κ1) is 43.3. The Morgan fingerprint density at radius 2 is 1.87 bits per heavy atom. The lowest BCUT2D eigenvalue weighted by Crippen LogP contribution is -2.62. The van der Waals surface area contributed by atoms with E-state index >= 15 is 0 Å². The van der Waals surface area contributed by atoms with Crippen molar-refractivity contribution in [1.29, 1.82) is 0 Å². The Hall–Kier alpha value is -3.45. The summed E-state index contributed by atoms with van der Waals surface area (Å²) in [5.74, 6) is -3.20. The molecular formula is C37H47BBrIN4O10. The second-order valence-electron chi connectivity index (χ2n) is 13.3. The molecule has 2 heterocycles. The van der Waals surface area contributed by atoms with Crippen molar-refractivity contribution in [3.05, 3.63) is 40.5 Å². The van der Waals surface area contributed by atoms with Gasteiger partial charge in [0, 0.05) is 23.8 Å². The molecule has 3 N–H and O–H groups in total. The van der Waals surface area contributed by atoms with Gasteiger partial charge >= 0.3 is 12.1 Å². The maximum atomic E-state index is 14.1. The van der Waals surface area contributed by atoms with E-state index in [-0.39, 0.29) is 36.8 Å². The first-order chi connectivity index (χ1) is 25.9. The molecule has 2 aliphatic rings. The number of nitrogens with zero attached hydrogens (tertiary/aromatic N) is 2. The summed E-state index contributed by atoms with van der Waals surface area (Å²) < 4.78 is 23.7. The minimum atomic E-state index is -2.47. The monoisotopic (exact) mass is 924 g/mol. The van der Waals surface area contributed by atoms with Crippen LogP contribution >= 0.6 is 38.5 Å². The molecule has 292 valence electrons. The summed E-state index contributed by atoms with van der Waals surface area (Å²) >= 11 is 5.81. The van der Waals surface area contributed by atoms with Crippen LogP contribution in [0.5, 0.6) is 11.5 Å². The van der Waals surface area contributed by atoms with Crippen molar-refractivity contribution in [3.8, 4) is 11.5 Å². The van der Waals surface area contributed by atoms with Gasteiger partial charge in [-0.2, -0.15) is 0 Å². The Labute approximate surface area is 338 Å². The summed E-state index contributed by atoms with van der Waals surface area (Å²) in [6.45, 7) is 0.963. The van der Waals surface area contributed by atoms with Gasteiger partial charge in [-0.15, -0.1) is 0 Å². The normalized spacial score (nSPS) is 19.0. The fourth-order valence-corrected chi connectivity index (χ4v) is 7.63. The van der Waals surface area contributed by atoms with Crippen molar-refractivity contribution in [2.24, 2.45) is 5.92 Å². The lowest BCUT2D eigenvalue weighted by Gasteiger charge is -2.33. The Kier molecular flexibility index (Phi) is 16.4. The highest BCUT2D eigenvalue weighted by atomic mass is 127. The molecule has 2 radical (unpaired) electrons. The number of esters is 1. The van der Waals surface area contributed by atoms with E-state index in [0.29, 0.717) is 21.1 Å². The van der Waals surface area contributed by atoms with Crippen LogP contribution in [-0.4, -0.2) is 108 Å². The summed E-state index contributed by atoms with van der Waals surface area (Å²) in [6.07, 6.45) is 8.47. The van der Waals surface area contributed by atoms with Gasteiger partial charge in [0.05, 0.1) is 38.6 Å². The first-order valence-electron chi connectivity index (χ1n) is 18.0. The minimum absolute atomic E-state index is 0.0364. The number of carbonyl (C=O) groups is 5. The van der Waals surface area contributed by atoms with Gasteiger partial charge < -0.3 is 39.6 Å². The van der Waals surface area contributed by atoms with Gasteiger partial charge in [0.15, 0.2) is 5.78 Å². The highest BCUT2D eigenvalue weighted by Crippen LogP contribution is 2.38. The number of hydrogen-bond acceptors (Lipinski definition) is 11. The van der Waals surface area contributed by atoms with Crippen LogP contribution in [0.2, 0.25) is 6.32 Å². The van der Waals surface area contributed by atoms with Gasteiger partial charge in [0.2, 0.25) is 17.5 Å². The van der Waals surface area contributed by atoms with Crippen molar-refractivity contribution in [3.63, 3.8) is 0 Å². The third-order valence-corrected chi connectivity index (χ3v) is 11.1. The number of methoxy groups -OCH3 is 2. The number of hydrogen-bond donors (Lipinski definition) is 3. The molecule has 4 atom stereocenters. The van der Waals surface area contributed by atoms with Gasteiger partial charge in [-0.05, 0) is 83.8 Å². The summed E-state index contributed by atoms with van der Waals surface area (Å²) in [4.78, 5) is 71.7. The number of fused-ring (bicyclic) bond motifs is 1. The summed E-state index contributed by atoms with van der Waals surface area (Å²) in [5, 5.41) is 17.1. The zero-order valence-electron chi connectivity index (χ0n) is 30.7. The second-order valence-corrected chi connectivity index (χ2v) is 15.2. The number of ether oxygens (including phenoxy) is 4. The number of nitrogens with one attached hydrogen (secondary N) is 2. The molecule has 1 aliphatic carbocycles. The van der Waals surface area contributed by atoms with Crippen LogP contribution in [0, 0.1) is 5.92 Å². The van der Waals surface area contributed by atoms with Gasteiger partial charge in [0.1, 0.15) is 42.0 Å². The maximum absolute atomic E-state index is 14.1. The van der Waals surface area contributed by atoms with Gasteiger partial charge in [-0.25, -0.2) is 14.6 Å². The molecule has 1 saturated heterocycles. The van der Waals surface area contributed by atoms with E-state index in [1.807, 2.05) is 6.08 Å². The number of aliphatic hydroxyl groups is 1. The van der Waals surface area contributed by atoms with E-state index < -0.39 is 60.0 Å². The quantitative estimate of drug-likeness (QED) is 0.0269. The standard InChI is InChI=1S/C37H47BBrIN4O10/c1-22(11-7-5-4-6-10-16-40)37(50,35(48)52-3)43-34(47)27-17-24(21-44(27)31(46)20-41-36(49)54-23-12-8-9-13-23)53-30-18-26(28(45)19-38)42-33-25(30)14-15-29(51-2)32(33)39/h7,11,14-15,18,22-24,27,50H,4-6,8-10,12-13,16-17,19-21H2,1-3H3,(H,41,49)(H,43,47)/b11-7-/t22?,24-,27+,37+/m1/s1. The first-order valence-corrected chi connectivity index (χ1v) is 20.3. The average molecular weight is 925 g/mol. The van der Waals surface area contributed by atoms with Gasteiger partial charge in [-0.3, -0.25) is 14.4 Å². The van der Waals surface area contributed by atoms with Crippen LogP contribution < -0.4 is 20.1 Å². The number of aromatic nitrogens is 1. The molecule has 14 nitrogen and oxygen atoms in total. The molecule has 1 aliphatic heterocycles. The number of unbranched alkanes of at least 4 members (excludes halogenated alkanes) is 3. The van der Waals surface area contributed by atoms with Crippen molar-refractivity contribution in [1.82, 2.24) is 20.5 Å². The number of alkyl halides is 1. The number of amides is 3. The molecule has 1 aromatic carbocycles. The molecule has 1 unspecified atom stereocenters. The summed E-state index contributed by atoms with van der Waals surface area (Å²) in [6, 6.07) is 3.59. The zero-order chi connectivity index (χ0) is 39.4. The van der Waals surface area contributed by atoms with Crippen molar-refractivity contribution < 1.29 is 48.0 Å². The summed E-state index contributed by atoms with van der Waals surface area (Å²) in [5.41, 5.74) is -2.07. The number of alkyl carbamates (subject to hydrolysis) is 1. The van der Waals surface area contributed by atoms with Crippen LogP contribution in [0.4, 0.5) is 4.79 Å². The SMILES string of the molecule is [B]CC(=O)c1cc(O[C@@H]2C[C@@H](C(=O)N[C@@](O)(C(=O)OC)C(C)/C=C\CCCCCI)N(C(=O)CNC(=O)OC3CCCC3)C2)c2ccc(OC)c(Br)c2n1. The molecule has 1 aromatic heterocycles. The number of Topliss-reactive ketones (excluding diaryl/α,β-unsaturated/α-hetero) is 1. The molecule has 54 heavy (non-hydrogen) atoms. The number of rotatable bonds is 18. The Balaban J connectivity index is 1.61. The third kappa shape index (κ3) is 10.9. The van der Waals surface area contributed by atoms with Crippen LogP contribution in [0.1, 0.15) is 75.2 Å². The number of pyridine rings is 1. The predicted molar refractivity (Wildman–Crippen MR) is 213 cm³/mol. The van der Waals surface area contributed by atoms with Crippen LogP contribution in [-0.2, 0) is 23.9 Å². The highest BCUT2D eigenvalue weighted by molar-refractivity contribution is 14.1. The van der Waals surface area contributed by atoms with Crippen molar-refractivity contribution in [2.75, 3.05) is 31.7 Å². The molecule has 4 rings (SSSR count). The predicted octanol–water partition coefficient (Wildman–Crippen LogP) is 4.96. The highest BCUT2D eigenvalue weighted by Gasteiger charge is 2.48. The largest absolute Gasteiger partial charge is 0.495 e. The third-order valence-electron chi connectivity index (χ3n) is 9.57. The van der Waals surface area contributed by atoms with E-state index in [9.17, 15) is 29.1 Å². The number of benzene rings is 1. The van der Waals surface area contributed by atoms with Gasteiger partial charge in [-0.1, -0.05) is 48.1 Å². The Morgan fingerprint density at radius 1 is 1.13 bits per heavy atom. The Morgan fingerprint density at radius 3 is 2.54 bits per heavy atom. The fraction of sp³-hybridized carbons (Fsp3) is 0.568. The number of ketones is 1. The molecule has 17 heteroatoms. The zero-order valence-corrected chi connectivity index (χ0v) is 34.5. The molecule has 2 aromatic rings. The molecule has 3 amide bonds. The minimum Gasteiger partial charge on any atom is -0.495 e. The van der Waals surface area contributed by atoms with Gasteiger partial charge in [0.25, 0.3) is 0 Å². The van der Waals surface area contributed by atoms with Crippen LogP contribution in [0.3, 0.4) is 0 Å². The number of allylic oxidation sites excluding steroid dienone is 1. The molecular weight excluding hydrogens is 878 g/mol. The molecule has 0 spiro atoms. The summed E-state index contributed by atoms with van der Waals surface area (Å²) in [7, 11) is 8.25. The lowest BCUT2D eigenvalue weighted by atomic mass is 9.95. The van der Waals surface area contributed by atoms with Crippen LogP contribution in [0.25, 0.3) is 10.9 Å². The number of likely N-dealkylation sites (tertiary alicyclic amines) is 1. The van der Waals surface area contributed by atoms with E-state index in [1.54, 1.807) is 25.1 Å². The van der Waals surface area contributed by atoms with Crippen LogP contribution in [0.15, 0.2) is 34.8 Å². The molecule has 2 fully saturated rings. The second kappa shape index (κ2) is 20.5. The molecule has 1 saturated carbocycles. The maximum Gasteiger partial charge on any atom is 0.407 e. The van der Waals surface area contributed by atoms with Crippen molar-refractivity contribution >= 4 is 86.9 Å². The van der Waals surface area contributed by atoms with E-state index in [2.05, 4.69) is 54.1 Å². The smallest absolute Gasteiger partial charge is 0.407 e. The molecule has 0 bridgehead atoms. The topological polar surface area (TPSA) is 183 Å². The average Bonchev–Trinajstić information content (AvgIpc) is 3.85. The van der Waals surface area contributed by atoms with E-state index in [0.717, 1.165) is 62.9 Å². The van der Waals surface area contributed by atoms with Crippen molar-refractivity contribution in [2.45, 2.75) is 95.0 Å².